The molecule has 1 aliphatic rings. The zero-order chi connectivity index (χ0) is 26.6. The summed E-state index contributed by atoms with van der Waals surface area (Å²) in [5, 5.41) is 4.00. The minimum atomic E-state index is -0.191. The van der Waals surface area contributed by atoms with Crippen molar-refractivity contribution in [1.82, 2.24) is 14.9 Å². The Morgan fingerprint density at radius 1 is 0.921 bits per heavy atom. The molecule has 0 spiro atoms. The zero-order valence-electron chi connectivity index (χ0n) is 21.7. The maximum atomic E-state index is 13.7. The van der Waals surface area contributed by atoms with Crippen molar-refractivity contribution in [2.24, 2.45) is 0 Å². The van der Waals surface area contributed by atoms with Crippen LogP contribution in [-0.2, 0) is 6.54 Å². The Bertz CT molecular complexity index is 1540. The summed E-state index contributed by atoms with van der Waals surface area (Å²) in [6.45, 7) is 4.34. The molecule has 1 amide bonds. The molecule has 194 valence electrons. The number of carbonyl (C=O) groups excluding carboxylic acids is 2. The zero-order valence-corrected chi connectivity index (χ0v) is 22.5. The van der Waals surface area contributed by atoms with Gasteiger partial charge < -0.3 is 5.32 Å². The molecule has 7 heteroatoms. The highest BCUT2D eigenvalue weighted by molar-refractivity contribution is 7.99. The number of rotatable bonds is 8. The van der Waals surface area contributed by atoms with Crippen LogP contribution >= 0.6 is 11.8 Å². The molecule has 1 N–H and O–H groups in total. The van der Waals surface area contributed by atoms with E-state index in [1.165, 1.54) is 11.8 Å². The molecule has 0 saturated heterocycles. The first-order chi connectivity index (χ1) is 18.4. The summed E-state index contributed by atoms with van der Waals surface area (Å²) in [6, 6.07) is 20.7. The fourth-order valence-electron chi connectivity index (χ4n) is 4.76. The molecule has 3 aromatic carbocycles. The Hall–Kier alpha value is -3.71. The van der Waals surface area contributed by atoms with Crippen LogP contribution in [0, 0.1) is 13.8 Å². The molecule has 1 fully saturated rings. The molecule has 1 aromatic heterocycles. The fourth-order valence-corrected chi connectivity index (χ4v) is 5.65. The number of benzene rings is 3. The SMILES string of the molecule is Cc1ccc(Cn2c(SCC(=O)c3ccc(C)cc3)nc3cc(C(=O)NC4CCCC4)ccc3c2=O)cc1. The molecule has 0 unspecified atom stereocenters. The normalized spacial score (nSPS) is 13.6. The van der Waals surface area contributed by atoms with Gasteiger partial charge in [0.1, 0.15) is 0 Å². The van der Waals surface area contributed by atoms with Gasteiger partial charge in [0.15, 0.2) is 10.9 Å². The third-order valence-corrected chi connectivity index (χ3v) is 8.02. The van der Waals surface area contributed by atoms with Crippen LogP contribution in [0.3, 0.4) is 0 Å². The van der Waals surface area contributed by atoms with Gasteiger partial charge >= 0.3 is 0 Å². The van der Waals surface area contributed by atoms with Crippen LogP contribution in [0.15, 0.2) is 76.7 Å². The van der Waals surface area contributed by atoms with Crippen molar-refractivity contribution >= 4 is 34.4 Å². The number of hydrogen-bond donors (Lipinski definition) is 1. The number of nitrogens with one attached hydrogen (secondary N) is 1. The van der Waals surface area contributed by atoms with Gasteiger partial charge in [-0.05, 0) is 50.5 Å². The molecule has 1 aliphatic carbocycles. The topological polar surface area (TPSA) is 81.1 Å². The van der Waals surface area contributed by atoms with E-state index >= 15 is 0 Å². The number of amides is 1. The van der Waals surface area contributed by atoms with Crippen LogP contribution in [0.5, 0.6) is 0 Å². The summed E-state index contributed by atoms with van der Waals surface area (Å²) in [7, 11) is 0. The molecule has 0 radical (unpaired) electrons. The number of carbonyl (C=O) groups is 2. The van der Waals surface area contributed by atoms with E-state index in [1.807, 2.05) is 62.4 Å². The number of hydrogen-bond acceptors (Lipinski definition) is 5. The van der Waals surface area contributed by atoms with E-state index in [2.05, 4.69) is 5.32 Å². The molecule has 38 heavy (non-hydrogen) atoms. The van der Waals surface area contributed by atoms with Crippen molar-refractivity contribution in [1.29, 1.82) is 0 Å². The van der Waals surface area contributed by atoms with Crippen molar-refractivity contribution in [3.05, 3.63) is 105 Å². The minimum Gasteiger partial charge on any atom is -0.349 e. The maximum Gasteiger partial charge on any atom is 0.262 e. The summed E-state index contributed by atoms with van der Waals surface area (Å²) in [5.74, 6) is -0.0272. The second kappa shape index (κ2) is 11.4. The molecule has 1 heterocycles. The van der Waals surface area contributed by atoms with E-state index in [0.29, 0.717) is 33.7 Å². The summed E-state index contributed by atoms with van der Waals surface area (Å²) >= 11 is 1.25. The number of aryl methyl sites for hydroxylation is 2. The number of Topliss-reactive ketones (excluding diaryl/α,β-unsaturated/α-hetero) is 1. The number of fused-ring (bicyclic) bond motifs is 1. The predicted octanol–water partition coefficient (Wildman–Crippen LogP) is 5.71. The van der Waals surface area contributed by atoms with Crippen LogP contribution < -0.4 is 10.9 Å². The molecular weight excluding hydrogens is 494 g/mol. The Morgan fingerprint density at radius 2 is 1.55 bits per heavy atom. The number of ketones is 1. The van der Waals surface area contributed by atoms with Gasteiger partial charge in [-0.2, -0.15) is 0 Å². The highest BCUT2D eigenvalue weighted by Crippen LogP contribution is 2.22. The van der Waals surface area contributed by atoms with Crippen LogP contribution in [-0.4, -0.2) is 33.0 Å². The molecule has 1 saturated carbocycles. The summed E-state index contributed by atoms with van der Waals surface area (Å²) < 4.78 is 1.62. The van der Waals surface area contributed by atoms with E-state index in [0.717, 1.165) is 42.4 Å². The van der Waals surface area contributed by atoms with Gasteiger partial charge in [0, 0.05) is 17.2 Å². The van der Waals surface area contributed by atoms with Crippen LogP contribution in [0.2, 0.25) is 0 Å². The fraction of sp³-hybridized carbons (Fsp3) is 0.290. The van der Waals surface area contributed by atoms with Gasteiger partial charge in [-0.3, -0.25) is 19.0 Å². The van der Waals surface area contributed by atoms with Gasteiger partial charge in [-0.15, -0.1) is 0 Å². The molecular formula is C31H31N3O3S. The summed E-state index contributed by atoms with van der Waals surface area (Å²) in [6.07, 6.45) is 4.26. The Morgan fingerprint density at radius 3 is 2.24 bits per heavy atom. The lowest BCUT2D eigenvalue weighted by Gasteiger charge is -2.15. The van der Waals surface area contributed by atoms with Gasteiger partial charge in [0.05, 0.1) is 23.2 Å². The van der Waals surface area contributed by atoms with Crippen molar-refractivity contribution in [3.63, 3.8) is 0 Å². The van der Waals surface area contributed by atoms with Gasteiger partial charge in [0.25, 0.3) is 11.5 Å². The van der Waals surface area contributed by atoms with E-state index in [-0.39, 0.29) is 29.0 Å². The minimum absolute atomic E-state index is 0.0316. The van der Waals surface area contributed by atoms with Crippen molar-refractivity contribution in [2.45, 2.75) is 57.3 Å². The van der Waals surface area contributed by atoms with Crippen molar-refractivity contribution < 1.29 is 9.59 Å². The van der Waals surface area contributed by atoms with Crippen LogP contribution in [0.25, 0.3) is 10.9 Å². The first-order valence-electron chi connectivity index (χ1n) is 13.0. The van der Waals surface area contributed by atoms with Crippen LogP contribution in [0.4, 0.5) is 0 Å². The van der Waals surface area contributed by atoms with E-state index in [9.17, 15) is 14.4 Å². The Labute approximate surface area is 226 Å². The third-order valence-electron chi connectivity index (χ3n) is 7.04. The smallest absolute Gasteiger partial charge is 0.262 e. The van der Waals surface area contributed by atoms with E-state index < -0.39 is 0 Å². The lowest BCUT2D eigenvalue weighted by atomic mass is 10.1. The lowest BCUT2D eigenvalue weighted by molar-refractivity contribution is 0.0937. The average Bonchev–Trinajstić information content (AvgIpc) is 3.43. The molecule has 5 rings (SSSR count). The first kappa shape index (κ1) is 25.9. The standard InChI is InChI=1S/C31H31N3O3S/c1-20-7-11-22(12-8-20)18-34-30(37)26-16-15-24(29(36)32-25-5-3-4-6-25)17-27(26)33-31(34)38-19-28(35)23-13-9-21(2)10-14-23/h7-17,25H,3-6,18-19H2,1-2H3,(H,32,36). The molecule has 6 nitrogen and oxygen atoms in total. The van der Waals surface area contributed by atoms with E-state index in [1.54, 1.807) is 22.8 Å². The molecule has 0 atom stereocenters. The predicted molar refractivity (Wildman–Crippen MR) is 152 cm³/mol. The molecule has 4 aromatic rings. The average molecular weight is 526 g/mol. The van der Waals surface area contributed by atoms with E-state index in [4.69, 9.17) is 4.98 Å². The Balaban J connectivity index is 1.48. The third kappa shape index (κ3) is 5.89. The first-order valence-corrected chi connectivity index (χ1v) is 14.0. The van der Waals surface area contributed by atoms with Gasteiger partial charge in [-0.1, -0.05) is 84.3 Å². The largest absolute Gasteiger partial charge is 0.349 e. The Kier molecular flexibility index (Phi) is 7.74. The van der Waals surface area contributed by atoms with Crippen LogP contribution in [0.1, 0.15) is 63.1 Å². The lowest BCUT2D eigenvalue weighted by Crippen LogP contribution is -2.32. The highest BCUT2D eigenvalue weighted by atomic mass is 32.2. The summed E-state index contributed by atoms with van der Waals surface area (Å²) in [5.41, 5.74) is 4.58. The maximum absolute atomic E-state index is 13.7. The van der Waals surface area contributed by atoms with Crippen molar-refractivity contribution in [3.8, 4) is 0 Å². The molecule has 0 bridgehead atoms. The number of nitrogens with zero attached hydrogens (tertiary/aromatic N) is 2. The monoisotopic (exact) mass is 525 g/mol. The van der Waals surface area contributed by atoms with Gasteiger partial charge in [0.2, 0.25) is 0 Å². The quantitative estimate of drug-likeness (QED) is 0.181. The number of aromatic nitrogens is 2. The van der Waals surface area contributed by atoms with Crippen molar-refractivity contribution in [2.75, 3.05) is 5.75 Å². The van der Waals surface area contributed by atoms with Gasteiger partial charge in [-0.25, -0.2) is 4.98 Å². The summed E-state index contributed by atoms with van der Waals surface area (Å²) in [4.78, 5) is 44.2. The second-order valence-electron chi connectivity index (χ2n) is 10.0. The highest BCUT2D eigenvalue weighted by Gasteiger charge is 2.20. The number of thioether (sulfide) groups is 1. The molecule has 0 aliphatic heterocycles. The second-order valence-corrected chi connectivity index (χ2v) is 11.0.